The minimum atomic E-state index is -0.198. The van der Waals surface area contributed by atoms with Gasteiger partial charge in [0.25, 0.3) is 0 Å². The van der Waals surface area contributed by atoms with Gasteiger partial charge in [0.1, 0.15) is 5.82 Å². The molecule has 1 aromatic carbocycles. The van der Waals surface area contributed by atoms with Crippen LogP contribution >= 0.6 is 21.9 Å². The van der Waals surface area contributed by atoms with Gasteiger partial charge in [-0.25, -0.2) is 4.39 Å². The third kappa shape index (κ3) is 1.96. The van der Waals surface area contributed by atoms with Crippen LogP contribution in [0.4, 0.5) is 4.39 Å². The fraction of sp³-hybridized carbons (Fsp3) is 0.143. The Balaban J connectivity index is 3.06. The highest BCUT2D eigenvalue weighted by molar-refractivity contribution is 7.79. The second-order valence-electron chi connectivity index (χ2n) is 2.05. The zero-order valence-electron chi connectivity index (χ0n) is 5.34. The van der Waals surface area contributed by atoms with Crippen molar-refractivity contribution in [1.82, 2.24) is 0 Å². The van der Waals surface area contributed by atoms with Gasteiger partial charge in [-0.3, -0.25) is 0 Å². The molecule has 1 atom stereocenters. The van der Waals surface area contributed by atoms with Crippen LogP contribution in [0.15, 0.2) is 18.2 Å². The van der Waals surface area contributed by atoms with E-state index in [1.165, 1.54) is 12.1 Å². The maximum Gasteiger partial charge on any atom is 0.124 e. The molecule has 1 aromatic rings. The van der Waals surface area contributed by atoms with Crippen molar-refractivity contribution in [1.29, 1.82) is 0 Å². The number of halogens is 1. The SMILES string of the molecule is Fc1cc(P)cc(CS)c1. The van der Waals surface area contributed by atoms with E-state index in [2.05, 4.69) is 21.9 Å². The average Bonchev–Trinajstić information content (AvgIpc) is 1.85. The average molecular weight is 174 g/mol. The molecule has 1 unspecified atom stereocenters. The Morgan fingerprint density at radius 3 is 2.60 bits per heavy atom. The highest BCUT2D eigenvalue weighted by Crippen LogP contribution is 2.05. The van der Waals surface area contributed by atoms with Gasteiger partial charge < -0.3 is 0 Å². The molecule has 0 N–H and O–H groups in total. The Morgan fingerprint density at radius 2 is 2.10 bits per heavy atom. The molecule has 54 valence electrons. The summed E-state index contributed by atoms with van der Waals surface area (Å²) in [6.45, 7) is 0. The first-order valence-corrected chi connectivity index (χ1v) is 4.09. The topological polar surface area (TPSA) is 0 Å². The van der Waals surface area contributed by atoms with E-state index in [1.54, 1.807) is 0 Å². The highest BCUT2D eigenvalue weighted by Gasteiger charge is 1.94. The lowest BCUT2D eigenvalue weighted by atomic mass is 10.2. The maximum atomic E-state index is 12.6. The largest absolute Gasteiger partial charge is 0.207 e. The fourth-order valence-electron chi connectivity index (χ4n) is 0.767. The quantitative estimate of drug-likeness (QED) is 0.486. The zero-order chi connectivity index (χ0) is 7.56. The van der Waals surface area contributed by atoms with E-state index >= 15 is 0 Å². The molecule has 0 amide bonds. The molecule has 0 aliphatic heterocycles. The van der Waals surface area contributed by atoms with Crippen LogP contribution in [-0.4, -0.2) is 0 Å². The van der Waals surface area contributed by atoms with Crippen molar-refractivity contribution in [2.45, 2.75) is 5.75 Å². The first-order chi connectivity index (χ1) is 4.72. The third-order valence-electron chi connectivity index (χ3n) is 1.16. The van der Waals surface area contributed by atoms with E-state index in [4.69, 9.17) is 0 Å². The lowest BCUT2D eigenvalue weighted by Gasteiger charge is -1.97. The molecule has 0 aromatic heterocycles. The van der Waals surface area contributed by atoms with Crippen molar-refractivity contribution in [3.63, 3.8) is 0 Å². The van der Waals surface area contributed by atoms with Crippen LogP contribution in [0.25, 0.3) is 0 Å². The molecule has 0 fully saturated rings. The molecule has 0 spiro atoms. The Labute approximate surface area is 67.4 Å². The summed E-state index contributed by atoms with van der Waals surface area (Å²) in [6.07, 6.45) is 0. The molecule has 3 heteroatoms. The van der Waals surface area contributed by atoms with Crippen molar-refractivity contribution in [3.8, 4) is 0 Å². The Hall–Kier alpha value is -0.0700. The first-order valence-electron chi connectivity index (χ1n) is 2.88. The highest BCUT2D eigenvalue weighted by atomic mass is 32.1. The fourth-order valence-corrected chi connectivity index (χ4v) is 1.32. The van der Waals surface area contributed by atoms with Gasteiger partial charge in [-0.1, -0.05) is 6.07 Å². The van der Waals surface area contributed by atoms with E-state index in [0.717, 1.165) is 10.9 Å². The predicted octanol–water partition coefficient (Wildman–Crippen LogP) is 1.76. The van der Waals surface area contributed by atoms with Crippen molar-refractivity contribution in [3.05, 3.63) is 29.6 Å². The van der Waals surface area contributed by atoms with Gasteiger partial charge in [-0.05, 0) is 23.0 Å². The molecule has 1 rings (SSSR count). The monoisotopic (exact) mass is 174 g/mol. The summed E-state index contributed by atoms with van der Waals surface area (Å²) < 4.78 is 12.6. The second-order valence-corrected chi connectivity index (χ2v) is 3.03. The van der Waals surface area contributed by atoms with Gasteiger partial charge in [0.2, 0.25) is 0 Å². The number of thiol groups is 1. The van der Waals surface area contributed by atoms with Crippen LogP contribution in [0.1, 0.15) is 5.56 Å². The molecule has 10 heavy (non-hydrogen) atoms. The first kappa shape index (κ1) is 8.03. The van der Waals surface area contributed by atoms with Crippen LogP contribution < -0.4 is 5.30 Å². The second kappa shape index (κ2) is 3.36. The number of hydrogen-bond acceptors (Lipinski definition) is 1. The van der Waals surface area contributed by atoms with E-state index in [-0.39, 0.29) is 5.82 Å². The predicted molar refractivity (Wildman–Crippen MR) is 48.4 cm³/mol. The molecule has 0 nitrogen and oxygen atoms in total. The molecule has 0 bridgehead atoms. The number of hydrogen-bond donors (Lipinski definition) is 1. The molecule has 0 saturated heterocycles. The smallest absolute Gasteiger partial charge is 0.124 e. The molecule has 0 aliphatic rings. The summed E-state index contributed by atoms with van der Waals surface area (Å²) in [5.41, 5.74) is 0.910. The maximum absolute atomic E-state index is 12.6. The summed E-state index contributed by atoms with van der Waals surface area (Å²) in [7, 11) is 2.45. The molecule has 0 saturated carbocycles. The van der Waals surface area contributed by atoms with Gasteiger partial charge in [0, 0.05) is 5.75 Å². The van der Waals surface area contributed by atoms with Gasteiger partial charge in [-0.2, -0.15) is 12.6 Å². The van der Waals surface area contributed by atoms with E-state index in [1.807, 2.05) is 6.07 Å². The van der Waals surface area contributed by atoms with Gasteiger partial charge >= 0.3 is 0 Å². The van der Waals surface area contributed by atoms with Gasteiger partial charge in [0.05, 0.1) is 0 Å². The minimum Gasteiger partial charge on any atom is -0.207 e. The van der Waals surface area contributed by atoms with Crippen LogP contribution in [0, 0.1) is 5.82 Å². The number of benzene rings is 1. The van der Waals surface area contributed by atoms with E-state index < -0.39 is 0 Å². The van der Waals surface area contributed by atoms with Crippen molar-refractivity contribution >= 4 is 27.2 Å². The molecule has 0 radical (unpaired) electrons. The minimum absolute atomic E-state index is 0.198. The number of rotatable bonds is 1. The Morgan fingerprint density at radius 1 is 1.40 bits per heavy atom. The normalized spacial score (nSPS) is 9.90. The Bertz CT molecular complexity index is 217. The van der Waals surface area contributed by atoms with Gasteiger partial charge in [0.15, 0.2) is 0 Å². The van der Waals surface area contributed by atoms with Crippen LogP contribution in [0.5, 0.6) is 0 Å². The van der Waals surface area contributed by atoms with Crippen molar-refractivity contribution in [2.75, 3.05) is 0 Å². The molecular formula is C7H8FPS. The lowest BCUT2D eigenvalue weighted by Crippen LogP contribution is -1.94. The summed E-state index contributed by atoms with van der Waals surface area (Å²) in [4.78, 5) is 0. The van der Waals surface area contributed by atoms with Crippen LogP contribution in [0.2, 0.25) is 0 Å². The summed E-state index contributed by atoms with van der Waals surface area (Å²) in [5.74, 6) is 0.385. The van der Waals surface area contributed by atoms with Crippen molar-refractivity contribution < 1.29 is 4.39 Å². The molecule has 0 heterocycles. The Kier molecular flexibility index (Phi) is 2.70. The molecular weight excluding hydrogens is 166 g/mol. The van der Waals surface area contributed by atoms with E-state index in [9.17, 15) is 4.39 Å². The third-order valence-corrected chi connectivity index (χ3v) is 1.86. The lowest BCUT2D eigenvalue weighted by molar-refractivity contribution is 0.628. The summed E-state index contributed by atoms with van der Waals surface area (Å²) in [6, 6.07) is 4.85. The zero-order valence-corrected chi connectivity index (χ0v) is 7.39. The summed E-state index contributed by atoms with van der Waals surface area (Å²) >= 11 is 4.03. The standard InChI is InChI=1S/C7H8FPS/c8-6-1-5(4-10)2-7(9)3-6/h1-3,10H,4,9H2. The molecule has 0 aliphatic carbocycles. The van der Waals surface area contributed by atoms with Crippen LogP contribution in [-0.2, 0) is 5.75 Å². The van der Waals surface area contributed by atoms with Crippen molar-refractivity contribution in [2.24, 2.45) is 0 Å². The summed E-state index contributed by atoms with van der Waals surface area (Å²) in [5, 5.41) is 0.865. The van der Waals surface area contributed by atoms with Gasteiger partial charge in [-0.15, -0.1) is 9.24 Å². The van der Waals surface area contributed by atoms with Crippen LogP contribution in [0.3, 0.4) is 0 Å². The van der Waals surface area contributed by atoms with E-state index in [0.29, 0.717) is 5.75 Å².